The van der Waals surface area contributed by atoms with E-state index >= 15 is 0 Å². The van der Waals surface area contributed by atoms with Gasteiger partial charge in [-0.3, -0.25) is 4.98 Å². The molecule has 0 saturated heterocycles. The maximum Gasteiger partial charge on any atom is 0.417 e. The molecule has 2 heterocycles. The van der Waals surface area contributed by atoms with E-state index in [1.807, 2.05) is 0 Å². The molecule has 0 aliphatic rings. The molecule has 2 aromatic rings. The van der Waals surface area contributed by atoms with Gasteiger partial charge in [-0.25, -0.2) is 4.98 Å². The molecule has 0 N–H and O–H groups in total. The molecule has 0 saturated carbocycles. The summed E-state index contributed by atoms with van der Waals surface area (Å²) in [4.78, 5) is 7.82. The van der Waals surface area contributed by atoms with Gasteiger partial charge in [0, 0.05) is 6.20 Å². The lowest BCUT2D eigenvalue weighted by Gasteiger charge is -2.05. The highest BCUT2D eigenvalue weighted by Crippen LogP contribution is 2.31. The van der Waals surface area contributed by atoms with Gasteiger partial charge in [-0.15, -0.1) is 0 Å². The van der Waals surface area contributed by atoms with Gasteiger partial charge in [-0.1, -0.05) is 15.9 Å². The van der Waals surface area contributed by atoms with Crippen LogP contribution < -0.4 is 0 Å². The highest BCUT2D eigenvalue weighted by Gasteiger charge is 2.30. The molecule has 3 nitrogen and oxygen atoms in total. The molecule has 0 aliphatic carbocycles. The Morgan fingerprint density at radius 3 is 2.44 bits per heavy atom. The van der Waals surface area contributed by atoms with Crippen molar-refractivity contribution < 1.29 is 17.6 Å². The smallest absolute Gasteiger partial charge is 0.417 e. The third kappa shape index (κ3) is 2.74. The van der Waals surface area contributed by atoms with Crippen LogP contribution in [0.4, 0.5) is 13.2 Å². The molecule has 0 fully saturated rings. The molecule has 0 aromatic carbocycles. The Kier molecular flexibility index (Phi) is 3.76. The van der Waals surface area contributed by atoms with Crippen molar-refractivity contribution in [2.75, 3.05) is 0 Å². The second-order valence-electron chi connectivity index (χ2n) is 3.29. The third-order valence-corrected chi connectivity index (χ3v) is 3.09. The van der Waals surface area contributed by atoms with Gasteiger partial charge in [0.2, 0.25) is 5.89 Å². The Labute approximate surface area is 117 Å². The summed E-state index contributed by atoms with van der Waals surface area (Å²) in [7, 11) is 0. The van der Waals surface area contributed by atoms with E-state index in [1.165, 1.54) is 6.07 Å². The highest BCUT2D eigenvalue weighted by atomic mass is 79.9. The van der Waals surface area contributed by atoms with Crippen LogP contribution in [0.25, 0.3) is 11.4 Å². The number of aromatic nitrogens is 2. The standard InChI is InChI=1S/C10H5Br2F3N2O/c11-3-7-17-8(9(12)18-7)6-2-1-5(4-16-6)10(13,14)15/h1-2,4H,3H2. The molecule has 0 spiro atoms. The first kappa shape index (κ1) is 13.5. The molecule has 0 radical (unpaired) electrons. The van der Waals surface area contributed by atoms with E-state index in [1.54, 1.807) is 0 Å². The van der Waals surface area contributed by atoms with Gasteiger partial charge >= 0.3 is 6.18 Å². The quantitative estimate of drug-likeness (QED) is 0.718. The summed E-state index contributed by atoms with van der Waals surface area (Å²) in [6.07, 6.45) is -3.63. The normalized spacial score (nSPS) is 11.8. The number of nitrogens with zero attached hydrogens (tertiary/aromatic N) is 2. The first-order chi connectivity index (χ1) is 8.41. The summed E-state index contributed by atoms with van der Waals surface area (Å²) in [6.45, 7) is 0. The molecule has 96 valence electrons. The predicted molar refractivity (Wildman–Crippen MR) is 65.1 cm³/mol. The van der Waals surface area contributed by atoms with E-state index in [0.717, 1.165) is 12.3 Å². The zero-order chi connectivity index (χ0) is 13.3. The number of hydrogen-bond donors (Lipinski definition) is 0. The zero-order valence-corrected chi connectivity index (χ0v) is 11.8. The Morgan fingerprint density at radius 1 is 1.28 bits per heavy atom. The summed E-state index contributed by atoms with van der Waals surface area (Å²) in [5, 5.41) is 0.409. The summed E-state index contributed by atoms with van der Waals surface area (Å²) in [6, 6.07) is 2.21. The van der Waals surface area contributed by atoms with Crippen LogP contribution >= 0.6 is 31.9 Å². The molecule has 8 heteroatoms. The fourth-order valence-electron chi connectivity index (χ4n) is 1.26. The fourth-order valence-corrected chi connectivity index (χ4v) is 1.98. The average Bonchev–Trinajstić information content (AvgIpc) is 2.70. The molecular formula is C10H5Br2F3N2O. The van der Waals surface area contributed by atoms with E-state index in [-0.39, 0.29) is 0 Å². The van der Waals surface area contributed by atoms with Crippen molar-refractivity contribution in [2.45, 2.75) is 11.5 Å². The van der Waals surface area contributed by atoms with Gasteiger partial charge in [0.05, 0.1) is 16.6 Å². The van der Waals surface area contributed by atoms with Crippen molar-refractivity contribution in [1.29, 1.82) is 0 Å². The molecule has 0 unspecified atom stereocenters. The SMILES string of the molecule is FC(F)(F)c1ccc(-c2nc(CBr)oc2Br)nc1. The van der Waals surface area contributed by atoms with Gasteiger partial charge in [0.1, 0.15) is 5.69 Å². The van der Waals surface area contributed by atoms with Crippen LogP contribution in [0.1, 0.15) is 11.5 Å². The van der Waals surface area contributed by atoms with Gasteiger partial charge in [-0.2, -0.15) is 13.2 Å². The van der Waals surface area contributed by atoms with Crippen LogP contribution in [0.5, 0.6) is 0 Å². The first-order valence-electron chi connectivity index (χ1n) is 4.66. The number of alkyl halides is 4. The molecule has 0 amide bonds. The minimum absolute atomic E-state index is 0.311. The van der Waals surface area contributed by atoms with Gasteiger partial charge in [0.15, 0.2) is 4.67 Å². The van der Waals surface area contributed by atoms with Crippen LogP contribution in [-0.2, 0) is 11.5 Å². The predicted octanol–water partition coefficient (Wildman–Crippen LogP) is 4.41. The van der Waals surface area contributed by atoms with Crippen molar-refractivity contribution in [2.24, 2.45) is 0 Å². The number of pyridine rings is 1. The number of oxazole rings is 1. The largest absolute Gasteiger partial charge is 0.432 e. The van der Waals surface area contributed by atoms with Crippen LogP contribution in [0.3, 0.4) is 0 Å². The van der Waals surface area contributed by atoms with Crippen LogP contribution in [-0.4, -0.2) is 9.97 Å². The number of halogens is 5. The lowest BCUT2D eigenvalue weighted by molar-refractivity contribution is -0.137. The van der Waals surface area contributed by atoms with Crippen molar-refractivity contribution in [3.8, 4) is 11.4 Å². The van der Waals surface area contributed by atoms with Crippen molar-refractivity contribution in [3.05, 3.63) is 34.5 Å². The average molecular weight is 386 g/mol. The van der Waals surface area contributed by atoms with E-state index in [0.29, 0.717) is 27.3 Å². The van der Waals surface area contributed by atoms with Gasteiger partial charge in [0.25, 0.3) is 0 Å². The minimum atomic E-state index is -4.40. The number of hydrogen-bond acceptors (Lipinski definition) is 3. The van der Waals surface area contributed by atoms with Crippen molar-refractivity contribution in [3.63, 3.8) is 0 Å². The lowest BCUT2D eigenvalue weighted by atomic mass is 10.2. The van der Waals surface area contributed by atoms with E-state index in [4.69, 9.17) is 4.42 Å². The van der Waals surface area contributed by atoms with E-state index in [9.17, 15) is 13.2 Å². The minimum Gasteiger partial charge on any atom is -0.432 e. The Morgan fingerprint density at radius 2 is 2.00 bits per heavy atom. The maximum absolute atomic E-state index is 12.4. The monoisotopic (exact) mass is 384 g/mol. The van der Waals surface area contributed by atoms with Crippen molar-refractivity contribution >= 4 is 31.9 Å². The first-order valence-corrected chi connectivity index (χ1v) is 6.58. The highest BCUT2D eigenvalue weighted by molar-refractivity contribution is 9.10. The Bertz CT molecular complexity index is 551. The summed E-state index contributed by atoms with van der Waals surface area (Å²) >= 11 is 6.31. The summed E-state index contributed by atoms with van der Waals surface area (Å²) in [5.41, 5.74) is -0.115. The lowest BCUT2D eigenvalue weighted by Crippen LogP contribution is -2.05. The van der Waals surface area contributed by atoms with Gasteiger partial charge < -0.3 is 4.42 Å². The molecule has 2 rings (SSSR count). The van der Waals surface area contributed by atoms with Gasteiger partial charge in [-0.05, 0) is 28.1 Å². The molecular weight excluding hydrogens is 381 g/mol. The van der Waals surface area contributed by atoms with Crippen LogP contribution in [0.2, 0.25) is 0 Å². The topological polar surface area (TPSA) is 38.9 Å². The van der Waals surface area contributed by atoms with Crippen LogP contribution in [0, 0.1) is 0 Å². The summed E-state index contributed by atoms with van der Waals surface area (Å²) < 4.78 is 42.7. The third-order valence-electron chi connectivity index (χ3n) is 2.08. The Hall–Kier alpha value is -0.890. The molecule has 18 heavy (non-hydrogen) atoms. The fraction of sp³-hybridized carbons (Fsp3) is 0.200. The maximum atomic E-state index is 12.4. The van der Waals surface area contributed by atoms with E-state index in [2.05, 4.69) is 41.8 Å². The zero-order valence-electron chi connectivity index (χ0n) is 8.63. The molecule has 0 atom stereocenters. The molecule has 0 aliphatic heterocycles. The second-order valence-corrected chi connectivity index (χ2v) is 4.57. The Balaban J connectivity index is 2.37. The molecule has 2 aromatic heterocycles. The number of rotatable bonds is 2. The second kappa shape index (κ2) is 5.00. The molecule has 0 bridgehead atoms. The van der Waals surface area contributed by atoms with E-state index < -0.39 is 11.7 Å². The van der Waals surface area contributed by atoms with Crippen molar-refractivity contribution in [1.82, 2.24) is 9.97 Å². The van der Waals surface area contributed by atoms with Crippen LogP contribution in [0.15, 0.2) is 27.4 Å². The summed E-state index contributed by atoms with van der Waals surface area (Å²) in [5.74, 6) is 0.415.